The molecule has 0 radical (unpaired) electrons. The van der Waals surface area contributed by atoms with Crippen LogP contribution in [0.15, 0.2) is 64.9 Å². The molecule has 0 aromatic heterocycles. The molecule has 0 fully saturated rings. The van der Waals surface area contributed by atoms with Gasteiger partial charge < -0.3 is 9.29 Å². The van der Waals surface area contributed by atoms with Crippen LogP contribution >= 0.6 is 21.6 Å². The lowest BCUT2D eigenvalue weighted by molar-refractivity contribution is 0.413. The summed E-state index contributed by atoms with van der Waals surface area (Å²) < 4.78 is 30.1. The maximum Gasteiger partial charge on any atom is 0.156 e. The van der Waals surface area contributed by atoms with Crippen LogP contribution in [0.1, 0.15) is 5.56 Å². The summed E-state index contributed by atoms with van der Waals surface area (Å²) in [5.41, 5.74) is 1.08. The third-order valence-electron chi connectivity index (χ3n) is 2.91. The Morgan fingerprint density at radius 2 is 2.00 bits per heavy atom. The van der Waals surface area contributed by atoms with Crippen molar-refractivity contribution < 1.29 is 13.7 Å². The van der Waals surface area contributed by atoms with Gasteiger partial charge in [-0.1, -0.05) is 39.8 Å². The van der Waals surface area contributed by atoms with Crippen LogP contribution in [0.3, 0.4) is 0 Å². The van der Waals surface area contributed by atoms with Gasteiger partial charge in [-0.05, 0) is 52.5 Å². The number of hydrogen-bond donors (Lipinski definition) is 0. The molecule has 0 saturated heterocycles. The highest BCUT2D eigenvalue weighted by Gasteiger charge is 2.09. The molecule has 2 nitrogen and oxygen atoms in total. The molecule has 0 saturated carbocycles. The Bertz CT molecular complexity index is 632. The molecular formula is C17H17FO2S3. The molecule has 1 unspecified atom stereocenters. The predicted octanol–water partition coefficient (Wildman–Crippen LogP) is 5.04. The SMILES string of the molecule is COc1cccc([S+]([O-])C/C=C/SSCc2ccc(F)cc2)c1. The van der Waals surface area contributed by atoms with E-state index in [0.29, 0.717) is 11.5 Å². The van der Waals surface area contributed by atoms with Crippen LogP contribution in [0.4, 0.5) is 4.39 Å². The van der Waals surface area contributed by atoms with E-state index >= 15 is 0 Å². The molecule has 0 bridgehead atoms. The number of hydrogen-bond acceptors (Lipinski definition) is 4. The normalized spacial score (nSPS) is 12.5. The molecule has 0 N–H and O–H groups in total. The van der Waals surface area contributed by atoms with Crippen molar-refractivity contribution in [3.8, 4) is 5.75 Å². The Morgan fingerprint density at radius 1 is 1.22 bits per heavy atom. The number of methoxy groups -OCH3 is 1. The molecule has 0 heterocycles. The first-order valence-corrected chi connectivity index (χ1v) is 10.6. The molecule has 0 spiro atoms. The van der Waals surface area contributed by atoms with Crippen molar-refractivity contribution in [2.45, 2.75) is 10.6 Å². The first-order chi connectivity index (χ1) is 11.2. The van der Waals surface area contributed by atoms with Gasteiger partial charge in [-0.3, -0.25) is 0 Å². The number of benzene rings is 2. The summed E-state index contributed by atoms with van der Waals surface area (Å²) in [5, 5.41) is 1.94. The van der Waals surface area contributed by atoms with Crippen LogP contribution in [0, 0.1) is 5.82 Å². The van der Waals surface area contributed by atoms with Crippen molar-refractivity contribution in [1.29, 1.82) is 0 Å². The van der Waals surface area contributed by atoms with Gasteiger partial charge in [0.2, 0.25) is 0 Å². The molecule has 122 valence electrons. The minimum absolute atomic E-state index is 0.216. The van der Waals surface area contributed by atoms with Gasteiger partial charge in [0, 0.05) is 11.8 Å². The summed E-state index contributed by atoms with van der Waals surface area (Å²) in [5.74, 6) is 1.77. The highest BCUT2D eigenvalue weighted by atomic mass is 33.1. The summed E-state index contributed by atoms with van der Waals surface area (Å²) in [7, 11) is 4.83. The molecule has 2 aromatic carbocycles. The zero-order valence-electron chi connectivity index (χ0n) is 12.6. The monoisotopic (exact) mass is 368 g/mol. The maximum absolute atomic E-state index is 12.8. The standard InChI is InChI=1S/C17H17FO2S3/c1-20-16-4-2-5-17(12-16)23(19)11-3-10-21-22-13-14-6-8-15(18)9-7-14/h2-10,12H,11,13H2,1H3/b10-3+. The average Bonchev–Trinajstić information content (AvgIpc) is 2.59. The van der Waals surface area contributed by atoms with Crippen LogP contribution in [-0.4, -0.2) is 17.4 Å². The molecule has 0 aliphatic rings. The van der Waals surface area contributed by atoms with E-state index in [4.69, 9.17) is 4.74 Å². The van der Waals surface area contributed by atoms with Crippen LogP contribution in [0.5, 0.6) is 5.75 Å². The highest BCUT2D eigenvalue weighted by molar-refractivity contribution is 8.77. The summed E-state index contributed by atoms with van der Waals surface area (Å²) in [4.78, 5) is 0.762. The first-order valence-electron chi connectivity index (χ1n) is 6.89. The minimum Gasteiger partial charge on any atom is -0.611 e. The Morgan fingerprint density at radius 3 is 2.74 bits per heavy atom. The van der Waals surface area contributed by atoms with Crippen LogP contribution in [0.25, 0.3) is 0 Å². The topological polar surface area (TPSA) is 32.3 Å². The fraction of sp³-hybridized carbons (Fsp3) is 0.176. The lowest BCUT2D eigenvalue weighted by atomic mass is 10.2. The van der Waals surface area contributed by atoms with Crippen molar-refractivity contribution in [1.82, 2.24) is 0 Å². The smallest absolute Gasteiger partial charge is 0.156 e. The lowest BCUT2D eigenvalue weighted by Gasteiger charge is -2.09. The number of rotatable bonds is 8. The summed E-state index contributed by atoms with van der Waals surface area (Å²) in [6, 6.07) is 13.8. The molecule has 6 heteroatoms. The second-order valence-corrected chi connectivity index (χ2v) is 8.32. The zero-order valence-corrected chi connectivity index (χ0v) is 15.1. The zero-order chi connectivity index (χ0) is 16.5. The Hall–Kier alpha value is -1.08. The fourth-order valence-electron chi connectivity index (χ4n) is 1.73. The van der Waals surface area contributed by atoms with Crippen molar-refractivity contribution in [3.63, 3.8) is 0 Å². The Kier molecular flexibility index (Phi) is 7.88. The van der Waals surface area contributed by atoms with Gasteiger partial charge in [0.1, 0.15) is 17.3 Å². The summed E-state index contributed by atoms with van der Waals surface area (Å²) in [6.07, 6.45) is 1.90. The molecule has 1 atom stereocenters. The lowest BCUT2D eigenvalue weighted by Crippen LogP contribution is -2.04. The average molecular weight is 369 g/mol. The van der Waals surface area contributed by atoms with Gasteiger partial charge in [0.05, 0.1) is 7.11 Å². The maximum atomic E-state index is 12.8. The third-order valence-corrected chi connectivity index (χ3v) is 6.17. The van der Waals surface area contributed by atoms with Gasteiger partial charge in [-0.15, -0.1) is 0 Å². The van der Waals surface area contributed by atoms with Crippen molar-refractivity contribution >= 4 is 32.8 Å². The summed E-state index contributed by atoms with van der Waals surface area (Å²) in [6.45, 7) is 0. The van der Waals surface area contributed by atoms with Crippen molar-refractivity contribution in [3.05, 3.63) is 71.4 Å². The van der Waals surface area contributed by atoms with Crippen molar-refractivity contribution in [2.24, 2.45) is 0 Å². The molecule has 0 aliphatic heterocycles. The third kappa shape index (κ3) is 6.51. The van der Waals surface area contributed by atoms with Crippen molar-refractivity contribution in [2.75, 3.05) is 12.9 Å². The van der Waals surface area contributed by atoms with E-state index in [9.17, 15) is 8.94 Å². The van der Waals surface area contributed by atoms with E-state index < -0.39 is 11.2 Å². The van der Waals surface area contributed by atoms with E-state index in [1.54, 1.807) is 46.9 Å². The van der Waals surface area contributed by atoms with E-state index in [1.807, 2.05) is 29.7 Å². The van der Waals surface area contributed by atoms with Gasteiger partial charge in [-0.2, -0.15) is 0 Å². The molecule has 23 heavy (non-hydrogen) atoms. The van der Waals surface area contributed by atoms with E-state index in [2.05, 4.69) is 0 Å². The Labute approximate surface area is 147 Å². The van der Waals surface area contributed by atoms with Gasteiger partial charge >= 0.3 is 0 Å². The van der Waals surface area contributed by atoms with E-state index in [0.717, 1.165) is 16.2 Å². The molecular weight excluding hydrogens is 351 g/mol. The van der Waals surface area contributed by atoms with Gasteiger partial charge in [-0.25, -0.2) is 4.39 Å². The first kappa shape index (κ1) is 18.3. The highest BCUT2D eigenvalue weighted by Crippen LogP contribution is 2.27. The second-order valence-electron chi connectivity index (χ2n) is 4.55. The van der Waals surface area contributed by atoms with Crippen LogP contribution < -0.4 is 4.74 Å². The van der Waals surface area contributed by atoms with E-state index in [1.165, 1.54) is 12.1 Å². The van der Waals surface area contributed by atoms with Gasteiger partial charge in [0.15, 0.2) is 4.90 Å². The van der Waals surface area contributed by atoms with E-state index in [-0.39, 0.29) is 5.82 Å². The van der Waals surface area contributed by atoms with Crippen LogP contribution in [0.2, 0.25) is 0 Å². The molecule has 2 rings (SSSR count). The van der Waals surface area contributed by atoms with Crippen LogP contribution in [-0.2, 0) is 16.9 Å². The summed E-state index contributed by atoms with van der Waals surface area (Å²) >= 11 is -1.07. The minimum atomic E-state index is -1.07. The number of ether oxygens (including phenoxy) is 1. The number of halogens is 1. The molecule has 2 aromatic rings. The fourth-order valence-corrected chi connectivity index (χ4v) is 4.52. The molecule has 0 amide bonds. The second kappa shape index (κ2) is 9.93. The largest absolute Gasteiger partial charge is 0.611 e. The van der Waals surface area contributed by atoms with Gasteiger partial charge in [0.25, 0.3) is 0 Å². The quantitative estimate of drug-likeness (QED) is 0.371. The predicted molar refractivity (Wildman–Crippen MR) is 98.7 cm³/mol. The molecule has 0 aliphatic carbocycles. The Balaban J connectivity index is 1.70.